The van der Waals surface area contributed by atoms with Gasteiger partial charge in [0, 0.05) is 27.2 Å². The molecule has 0 spiro atoms. The molecule has 0 radical (unpaired) electrons. The molecule has 4 amide bonds. The lowest BCUT2D eigenvalue weighted by Gasteiger charge is -2.28. The van der Waals surface area contributed by atoms with E-state index in [1.165, 1.54) is 42.4 Å². The molecule has 0 atom stereocenters. The SMILES string of the molecule is CCCc1ccc(CN(/C=C/C=C2C(=O)N(C)C(=O)N(C)C2=O)Cc2ccc(CCC)cc2)cc1. The van der Waals surface area contributed by atoms with Gasteiger partial charge in [0.1, 0.15) is 5.57 Å². The van der Waals surface area contributed by atoms with Crippen molar-refractivity contribution in [1.29, 1.82) is 0 Å². The summed E-state index contributed by atoms with van der Waals surface area (Å²) in [5, 5.41) is 0. The number of hydrogen-bond donors (Lipinski definition) is 0. The number of carbonyl (C=O) groups excluding carboxylic acids is 3. The normalized spacial score (nSPS) is 14.3. The van der Waals surface area contributed by atoms with Crippen LogP contribution in [-0.4, -0.2) is 46.6 Å². The second-order valence-corrected chi connectivity index (χ2v) is 8.97. The van der Waals surface area contributed by atoms with Crippen molar-refractivity contribution in [1.82, 2.24) is 14.7 Å². The van der Waals surface area contributed by atoms with Crippen LogP contribution in [-0.2, 0) is 35.5 Å². The fraction of sp³-hybridized carbons (Fsp3) is 0.345. The minimum atomic E-state index is -0.624. The molecule has 1 fully saturated rings. The Morgan fingerprint density at radius 3 is 1.49 bits per heavy atom. The van der Waals surface area contributed by atoms with Gasteiger partial charge in [-0.2, -0.15) is 0 Å². The van der Waals surface area contributed by atoms with Gasteiger partial charge >= 0.3 is 6.03 Å². The molecule has 2 aromatic rings. The molecule has 184 valence electrons. The van der Waals surface area contributed by atoms with Crippen LogP contribution in [0.25, 0.3) is 0 Å². The smallest absolute Gasteiger partial charge is 0.333 e. The van der Waals surface area contributed by atoms with Gasteiger partial charge in [0.05, 0.1) is 0 Å². The van der Waals surface area contributed by atoms with E-state index >= 15 is 0 Å². The number of urea groups is 1. The standard InChI is InChI=1S/C29H35N3O3/c1-5-8-22-11-15-24(16-12-22)20-32(21-25-17-13-23(9-6-2)14-18-25)19-7-10-26-27(33)30(3)29(35)31(4)28(26)34/h7,10-19H,5-6,8-9,20-21H2,1-4H3/b19-7+. The summed E-state index contributed by atoms with van der Waals surface area (Å²) in [5.74, 6) is -1.18. The number of imide groups is 2. The molecule has 6 heteroatoms. The first-order chi connectivity index (χ1) is 16.8. The topological polar surface area (TPSA) is 60.9 Å². The largest absolute Gasteiger partial charge is 0.369 e. The molecule has 0 aromatic heterocycles. The first-order valence-corrected chi connectivity index (χ1v) is 12.2. The number of allylic oxidation sites excluding steroid dienone is 2. The van der Waals surface area contributed by atoms with Gasteiger partial charge in [-0.3, -0.25) is 19.4 Å². The summed E-state index contributed by atoms with van der Waals surface area (Å²) in [7, 11) is 2.75. The highest BCUT2D eigenvalue weighted by Crippen LogP contribution is 2.17. The van der Waals surface area contributed by atoms with Gasteiger partial charge in [-0.15, -0.1) is 0 Å². The Labute approximate surface area is 208 Å². The van der Waals surface area contributed by atoms with E-state index in [0.29, 0.717) is 13.1 Å². The number of amides is 4. The number of carbonyl (C=O) groups is 3. The van der Waals surface area contributed by atoms with E-state index in [1.807, 2.05) is 6.20 Å². The van der Waals surface area contributed by atoms with E-state index in [4.69, 9.17) is 0 Å². The first kappa shape index (κ1) is 25.9. The Morgan fingerprint density at radius 1 is 0.686 bits per heavy atom. The molecule has 1 heterocycles. The maximum atomic E-state index is 12.5. The highest BCUT2D eigenvalue weighted by Gasteiger charge is 2.37. The molecule has 0 saturated carbocycles. The van der Waals surface area contributed by atoms with Gasteiger partial charge in [0.15, 0.2) is 0 Å². The number of rotatable bonds is 10. The zero-order chi connectivity index (χ0) is 25.4. The molecule has 6 nitrogen and oxygen atoms in total. The Balaban J connectivity index is 1.81. The molecular weight excluding hydrogens is 438 g/mol. The summed E-state index contributed by atoms with van der Waals surface area (Å²) in [4.78, 5) is 40.9. The quantitative estimate of drug-likeness (QED) is 0.356. The van der Waals surface area contributed by atoms with Crippen molar-refractivity contribution in [3.05, 3.63) is 94.7 Å². The highest BCUT2D eigenvalue weighted by molar-refractivity contribution is 6.28. The van der Waals surface area contributed by atoms with Crippen LogP contribution in [0.15, 0.2) is 72.5 Å². The highest BCUT2D eigenvalue weighted by atomic mass is 16.2. The molecule has 2 aromatic carbocycles. The predicted octanol–water partition coefficient (Wildman–Crippen LogP) is 5.08. The molecule has 1 aliphatic heterocycles. The number of aryl methyl sites for hydroxylation is 2. The molecule has 0 bridgehead atoms. The molecule has 3 rings (SSSR count). The number of benzene rings is 2. The zero-order valence-corrected chi connectivity index (χ0v) is 21.2. The van der Waals surface area contributed by atoms with E-state index < -0.39 is 17.8 Å². The predicted molar refractivity (Wildman–Crippen MR) is 138 cm³/mol. The van der Waals surface area contributed by atoms with Crippen LogP contribution in [0, 0.1) is 0 Å². The first-order valence-electron chi connectivity index (χ1n) is 12.2. The van der Waals surface area contributed by atoms with Crippen LogP contribution in [0.4, 0.5) is 4.79 Å². The summed E-state index contributed by atoms with van der Waals surface area (Å²) in [6.07, 6.45) is 9.45. The Bertz CT molecular complexity index is 1020. The third-order valence-electron chi connectivity index (χ3n) is 6.10. The summed E-state index contributed by atoms with van der Waals surface area (Å²) in [6, 6.07) is 16.7. The van der Waals surface area contributed by atoms with Crippen molar-refractivity contribution in [3.63, 3.8) is 0 Å². The van der Waals surface area contributed by atoms with Crippen LogP contribution in [0.2, 0.25) is 0 Å². The summed E-state index contributed by atoms with van der Waals surface area (Å²) in [5.41, 5.74) is 4.98. The monoisotopic (exact) mass is 473 g/mol. The number of hydrogen-bond acceptors (Lipinski definition) is 4. The average Bonchev–Trinajstić information content (AvgIpc) is 2.86. The molecule has 0 N–H and O–H groups in total. The minimum Gasteiger partial charge on any atom is -0.369 e. The zero-order valence-electron chi connectivity index (χ0n) is 21.2. The van der Waals surface area contributed by atoms with Crippen LogP contribution in [0.5, 0.6) is 0 Å². The Kier molecular flexibility index (Phi) is 9.01. The average molecular weight is 474 g/mol. The molecule has 0 aliphatic carbocycles. The second kappa shape index (κ2) is 12.2. The van der Waals surface area contributed by atoms with Crippen LogP contribution >= 0.6 is 0 Å². The van der Waals surface area contributed by atoms with Crippen molar-refractivity contribution >= 4 is 17.8 Å². The molecule has 0 unspecified atom stereocenters. The maximum absolute atomic E-state index is 12.5. The molecule has 1 aliphatic rings. The van der Waals surface area contributed by atoms with Gasteiger partial charge < -0.3 is 4.90 Å². The Morgan fingerprint density at radius 2 is 1.09 bits per heavy atom. The van der Waals surface area contributed by atoms with Gasteiger partial charge in [0.2, 0.25) is 0 Å². The van der Waals surface area contributed by atoms with Crippen molar-refractivity contribution in [2.75, 3.05) is 14.1 Å². The maximum Gasteiger partial charge on any atom is 0.333 e. The van der Waals surface area contributed by atoms with E-state index in [2.05, 4.69) is 67.3 Å². The van der Waals surface area contributed by atoms with E-state index in [1.54, 1.807) is 6.08 Å². The lowest BCUT2D eigenvalue weighted by Crippen LogP contribution is -2.52. The lowest BCUT2D eigenvalue weighted by molar-refractivity contribution is -0.134. The molecule has 1 saturated heterocycles. The van der Waals surface area contributed by atoms with Crippen LogP contribution in [0.1, 0.15) is 48.9 Å². The summed E-state index contributed by atoms with van der Waals surface area (Å²) in [6.45, 7) is 5.72. The van der Waals surface area contributed by atoms with E-state index in [-0.39, 0.29) is 5.57 Å². The van der Waals surface area contributed by atoms with Gasteiger partial charge in [0.25, 0.3) is 11.8 Å². The minimum absolute atomic E-state index is 0.0290. The fourth-order valence-electron chi connectivity index (χ4n) is 4.09. The van der Waals surface area contributed by atoms with E-state index in [9.17, 15) is 14.4 Å². The second-order valence-electron chi connectivity index (χ2n) is 8.97. The Hall–Kier alpha value is -3.67. The van der Waals surface area contributed by atoms with Crippen LogP contribution < -0.4 is 0 Å². The molecular formula is C29H35N3O3. The van der Waals surface area contributed by atoms with Crippen molar-refractivity contribution in [2.24, 2.45) is 0 Å². The molecule has 35 heavy (non-hydrogen) atoms. The summed E-state index contributed by atoms with van der Waals surface area (Å²) >= 11 is 0. The van der Waals surface area contributed by atoms with Gasteiger partial charge in [-0.25, -0.2) is 4.79 Å². The van der Waals surface area contributed by atoms with Crippen LogP contribution in [0.3, 0.4) is 0 Å². The van der Waals surface area contributed by atoms with Crippen molar-refractivity contribution < 1.29 is 14.4 Å². The third-order valence-corrected chi connectivity index (χ3v) is 6.10. The van der Waals surface area contributed by atoms with Gasteiger partial charge in [-0.1, -0.05) is 75.2 Å². The fourth-order valence-corrected chi connectivity index (χ4v) is 4.09. The van der Waals surface area contributed by atoms with Crippen molar-refractivity contribution in [2.45, 2.75) is 52.6 Å². The lowest BCUT2D eigenvalue weighted by atomic mass is 10.1. The number of barbiturate groups is 1. The number of nitrogens with zero attached hydrogens (tertiary/aromatic N) is 3. The van der Waals surface area contributed by atoms with Crippen molar-refractivity contribution in [3.8, 4) is 0 Å². The summed E-state index contributed by atoms with van der Waals surface area (Å²) < 4.78 is 0. The van der Waals surface area contributed by atoms with Gasteiger partial charge in [-0.05, 0) is 53.4 Å². The van der Waals surface area contributed by atoms with E-state index in [0.717, 1.165) is 35.5 Å². The number of likely N-dealkylation sites (N-methyl/N-ethyl adjacent to an activating group) is 2. The third kappa shape index (κ3) is 6.69.